The summed E-state index contributed by atoms with van der Waals surface area (Å²) in [5, 5.41) is 0. The van der Waals surface area contributed by atoms with Crippen molar-refractivity contribution in [2.45, 2.75) is 51.6 Å². The lowest BCUT2D eigenvalue weighted by molar-refractivity contribution is -0.146. The van der Waals surface area contributed by atoms with E-state index >= 15 is 0 Å². The molecule has 1 atom stereocenters. The van der Waals surface area contributed by atoms with E-state index in [1.165, 1.54) is 6.33 Å². The Bertz CT molecular complexity index is 878. The molecule has 6 heteroatoms. The van der Waals surface area contributed by atoms with Gasteiger partial charge in [-0.15, -0.1) is 0 Å². The molecule has 2 saturated heterocycles. The van der Waals surface area contributed by atoms with Gasteiger partial charge >= 0.3 is 0 Å². The highest BCUT2D eigenvalue weighted by Crippen LogP contribution is 2.40. The summed E-state index contributed by atoms with van der Waals surface area (Å²) in [7, 11) is 0. The highest BCUT2D eigenvalue weighted by Gasteiger charge is 2.53. The minimum atomic E-state index is -0.723. The van der Waals surface area contributed by atoms with Crippen LogP contribution in [0, 0.1) is 13.8 Å². The highest BCUT2D eigenvalue weighted by molar-refractivity contribution is 6.01. The zero-order valence-electron chi connectivity index (χ0n) is 16.5. The molecule has 1 aromatic carbocycles. The van der Waals surface area contributed by atoms with Crippen LogP contribution in [-0.2, 0) is 11.3 Å². The second-order valence-electron chi connectivity index (χ2n) is 7.83. The molecule has 0 radical (unpaired) electrons. The van der Waals surface area contributed by atoms with E-state index in [2.05, 4.69) is 9.97 Å². The van der Waals surface area contributed by atoms with Gasteiger partial charge in [0.2, 0.25) is 5.91 Å². The standard InChI is InChI=1S/C22H26N4O2/c1-16-19(17(2)24-15-23-16)20(27)26-13-7-11-22(26)10-6-12-25(21(22)28)14-18-8-4-3-5-9-18/h3-5,8-9,15H,6-7,10-14H2,1-2H3. The first kappa shape index (κ1) is 18.6. The van der Waals surface area contributed by atoms with E-state index in [0.717, 1.165) is 37.8 Å². The molecule has 4 rings (SSSR count). The number of aromatic nitrogens is 2. The van der Waals surface area contributed by atoms with Crippen molar-refractivity contribution in [1.29, 1.82) is 0 Å². The molecule has 3 heterocycles. The Morgan fingerprint density at radius 2 is 1.68 bits per heavy atom. The van der Waals surface area contributed by atoms with Gasteiger partial charge in [-0.1, -0.05) is 30.3 Å². The molecule has 28 heavy (non-hydrogen) atoms. The molecule has 1 aromatic heterocycles. The molecule has 1 unspecified atom stereocenters. The molecule has 0 aliphatic carbocycles. The Kier molecular flexibility index (Phi) is 4.87. The number of aryl methyl sites for hydroxylation is 2. The van der Waals surface area contributed by atoms with Crippen LogP contribution in [0.25, 0.3) is 0 Å². The highest BCUT2D eigenvalue weighted by atomic mass is 16.2. The Balaban J connectivity index is 1.63. The first-order chi connectivity index (χ1) is 13.5. The van der Waals surface area contributed by atoms with E-state index in [4.69, 9.17) is 0 Å². The summed E-state index contributed by atoms with van der Waals surface area (Å²) in [6.45, 7) is 5.60. The van der Waals surface area contributed by atoms with Crippen LogP contribution in [0.15, 0.2) is 36.7 Å². The fourth-order valence-electron chi connectivity index (χ4n) is 4.71. The monoisotopic (exact) mass is 378 g/mol. The number of hydrogen-bond donors (Lipinski definition) is 0. The summed E-state index contributed by atoms with van der Waals surface area (Å²) in [5.74, 6) is -0.0244. The maximum Gasteiger partial charge on any atom is 0.258 e. The lowest BCUT2D eigenvalue weighted by atomic mass is 9.84. The molecule has 0 saturated carbocycles. The molecule has 1 spiro atoms. The van der Waals surface area contributed by atoms with Crippen LogP contribution in [-0.4, -0.2) is 50.2 Å². The average molecular weight is 378 g/mol. The molecule has 2 aliphatic heterocycles. The molecular weight excluding hydrogens is 352 g/mol. The van der Waals surface area contributed by atoms with E-state index < -0.39 is 5.54 Å². The third kappa shape index (κ3) is 3.07. The van der Waals surface area contributed by atoms with Gasteiger partial charge in [0.1, 0.15) is 11.9 Å². The molecule has 2 aromatic rings. The number of carbonyl (C=O) groups is 2. The number of amides is 2. The minimum Gasteiger partial charge on any atom is -0.336 e. The number of hydrogen-bond acceptors (Lipinski definition) is 4. The van der Waals surface area contributed by atoms with Crippen molar-refractivity contribution >= 4 is 11.8 Å². The molecule has 2 fully saturated rings. The maximum atomic E-state index is 13.6. The van der Waals surface area contributed by atoms with Crippen LogP contribution < -0.4 is 0 Å². The fourth-order valence-corrected chi connectivity index (χ4v) is 4.71. The Labute approximate surface area is 165 Å². The van der Waals surface area contributed by atoms with Gasteiger partial charge in [0.25, 0.3) is 5.91 Å². The zero-order chi connectivity index (χ0) is 19.7. The maximum absolute atomic E-state index is 13.6. The van der Waals surface area contributed by atoms with Gasteiger partial charge in [-0.3, -0.25) is 9.59 Å². The third-order valence-electron chi connectivity index (χ3n) is 6.09. The second kappa shape index (κ2) is 7.34. The van der Waals surface area contributed by atoms with Gasteiger partial charge in [-0.25, -0.2) is 9.97 Å². The largest absolute Gasteiger partial charge is 0.336 e. The fraction of sp³-hybridized carbons (Fsp3) is 0.455. The Morgan fingerprint density at radius 3 is 2.36 bits per heavy atom. The van der Waals surface area contributed by atoms with Crippen LogP contribution in [0.5, 0.6) is 0 Å². The van der Waals surface area contributed by atoms with Crippen LogP contribution >= 0.6 is 0 Å². The number of rotatable bonds is 3. The van der Waals surface area contributed by atoms with Crippen molar-refractivity contribution in [3.05, 3.63) is 59.2 Å². The molecule has 0 N–H and O–H groups in total. The van der Waals surface area contributed by atoms with Gasteiger partial charge in [0, 0.05) is 19.6 Å². The van der Waals surface area contributed by atoms with E-state index in [0.29, 0.717) is 30.0 Å². The number of piperidine rings is 1. The van der Waals surface area contributed by atoms with E-state index in [1.807, 2.05) is 54.0 Å². The van der Waals surface area contributed by atoms with Crippen molar-refractivity contribution < 1.29 is 9.59 Å². The lowest BCUT2D eigenvalue weighted by Gasteiger charge is -2.44. The molecule has 6 nitrogen and oxygen atoms in total. The smallest absolute Gasteiger partial charge is 0.258 e. The molecule has 2 amide bonds. The molecule has 146 valence electrons. The van der Waals surface area contributed by atoms with Gasteiger partial charge in [0.15, 0.2) is 0 Å². The van der Waals surface area contributed by atoms with Crippen molar-refractivity contribution in [2.24, 2.45) is 0 Å². The van der Waals surface area contributed by atoms with Crippen LogP contribution in [0.2, 0.25) is 0 Å². The summed E-state index contributed by atoms with van der Waals surface area (Å²) in [5.41, 5.74) is 2.27. The summed E-state index contributed by atoms with van der Waals surface area (Å²) < 4.78 is 0. The van der Waals surface area contributed by atoms with Crippen molar-refractivity contribution in [3.8, 4) is 0 Å². The first-order valence-electron chi connectivity index (χ1n) is 9.96. The predicted octanol–water partition coefficient (Wildman–Crippen LogP) is 2.89. The quantitative estimate of drug-likeness (QED) is 0.824. The predicted molar refractivity (Wildman–Crippen MR) is 106 cm³/mol. The molecule has 0 bridgehead atoms. The summed E-state index contributed by atoms with van der Waals surface area (Å²) in [6.07, 6.45) is 4.70. The average Bonchev–Trinajstić information content (AvgIpc) is 3.11. The number of nitrogens with zero attached hydrogens (tertiary/aromatic N) is 4. The summed E-state index contributed by atoms with van der Waals surface area (Å²) >= 11 is 0. The second-order valence-corrected chi connectivity index (χ2v) is 7.83. The van der Waals surface area contributed by atoms with Crippen LogP contribution in [0.3, 0.4) is 0 Å². The van der Waals surface area contributed by atoms with Crippen molar-refractivity contribution in [3.63, 3.8) is 0 Å². The van der Waals surface area contributed by atoms with Crippen molar-refractivity contribution in [1.82, 2.24) is 19.8 Å². The molecular formula is C22H26N4O2. The van der Waals surface area contributed by atoms with Crippen LogP contribution in [0.4, 0.5) is 0 Å². The third-order valence-corrected chi connectivity index (χ3v) is 6.09. The van der Waals surface area contributed by atoms with Gasteiger partial charge < -0.3 is 9.80 Å². The van der Waals surface area contributed by atoms with E-state index in [-0.39, 0.29) is 11.8 Å². The van der Waals surface area contributed by atoms with Gasteiger partial charge in [-0.05, 0) is 45.1 Å². The van der Waals surface area contributed by atoms with Crippen LogP contribution in [0.1, 0.15) is 53.0 Å². The SMILES string of the molecule is Cc1ncnc(C)c1C(=O)N1CCCC12CCCN(Cc1ccccc1)C2=O. The van der Waals surface area contributed by atoms with Gasteiger partial charge in [0.05, 0.1) is 17.0 Å². The Morgan fingerprint density at radius 1 is 1.04 bits per heavy atom. The molecule has 2 aliphatic rings. The first-order valence-corrected chi connectivity index (χ1v) is 9.96. The number of carbonyl (C=O) groups excluding carboxylic acids is 2. The summed E-state index contributed by atoms with van der Waals surface area (Å²) in [4.78, 5) is 39.2. The van der Waals surface area contributed by atoms with E-state index in [9.17, 15) is 9.59 Å². The lowest BCUT2D eigenvalue weighted by Crippen LogP contribution is -2.61. The number of benzene rings is 1. The van der Waals surface area contributed by atoms with Crippen molar-refractivity contribution in [2.75, 3.05) is 13.1 Å². The minimum absolute atomic E-state index is 0.0839. The number of likely N-dealkylation sites (tertiary alicyclic amines) is 2. The summed E-state index contributed by atoms with van der Waals surface area (Å²) in [6, 6.07) is 10.0. The topological polar surface area (TPSA) is 66.4 Å². The van der Waals surface area contributed by atoms with Gasteiger partial charge in [-0.2, -0.15) is 0 Å². The van der Waals surface area contributed by atoms with E-state index in [1.54, 1.807) is 0 Å². The zero-order valence-corrected chi connectivity index (χ0v) is 16.5. The normalized spacial score (nSPS) is 22.1. The Hall–Kier alpha value is -2.76.